The van der Waals surface area contributed by atoms with Gasteiger partial charge in [-0.2, -0.15) is 4.98 Å². The second-order valence-electron chi connectivity index (χ2n) is 5.83. The molecule has 1 N–H and O–H groups in total. The highest BCUT2D eigenvalue weighted by Gasteiger charge is 2.26. The van der Waals surface area contributed by atoms with E-state index >= 15 is 0 Å². The highest BCUT2D eigenvalue weighted by atomic mass is 16.5. The van der Waals surface area contributed by atoms with Crippen LogP contribution in [0.2, 0.25) is 0 Å². The van der Waals surface area contributed by atoms with Crippen LogP contribution in [0.5, 0.6) is 0 Å². The molecule has 1 aromatic heterocycles. The van der Waals surface area contributed by atoms with Gasteiger partial charge < -0.3 is 14.7 Å². The molecule has 5 nitrogen and oxygen atoms in total. The lowest BCUT2D eigenvalue weighted by Gasteiger charge is -2.20. The number of likely N-dealkylation sites (N-methyl/N-ethyl adjacent to an activating group) is 1. The van der Waals surface area contributed by atoms with Gasteiger partial charge in [0.2, 0.25) is 5.89 Å². The van der Waals surface area contributed by atoms with E-state index in [-0.39, 0.29) is 0 Å². The van der Waals surface area contributed by atoms with Gasteiger partial charge in [0.05, 0.1) is 0 Å². The molecule has 1 unspecified atom stereocenters. The quantitative estimate of drug-likeness (QED) is 0.881. The highest BCUT2D eigenvalue weighted by molar-refractivity contribution is 5.28. The van der Waals surface area contributed by atoms with E-state index in [1.807, 2.05) is 7.05 Å². The molecule has 1 saturated carbocycles. The predicted octanol–water partition coefficient (Wildman–Crippen LogP) is 1.99. The molecule has 5 heteroatoms. The third kappa shape index (κ3) is 2.91. The van der Waals surface area contributed by atoms with E-state index in [4.69, 9.17) is 4.52 Å². The summed E-state index contributed by atoms with van der Waals surface area (Å²) in [7, 11) is 2.04. The number of anilines is 1. The maximum absolute atomic E-state index is 5.43. The van der Waals surface area contributed by atoms with Gasteiger partial charge in [0.1, 0.15) is 0 Å². The van der Waals surface area contributed by atoms with Crippen molar-refractivity contribution in [2.24, 2.45) is 5.92 Å². The first-order chi connectivity index (χ1) is 9.36. The van der Waals surface area contributed by atoms with Crippen molar-refractivity contribution >= 4 is 5.95 Å². The molecule has 0 amide bonds. The van der Waals surface area contributed by atoms with Gasteiger partial charge in [0.15, 0.2) is 0 Å². The number of rotatable bonds is 5. The molecule has 0 aromatic carbocycles. The van der Waals surface area contributed by atoms with E-state index in [2.05, 4.69) is 20.4 Å². The van der Waals surface area contributed by atoms with Crippen molar-refractivity contribution in [2.75, 3.05) is 25.0 Å². The molecule has 1 saturated heterocycles. The largest absolute Gasteiger partial charge is 0.338 e. The van der Waals surface area contributed by atoms with Gasteiger partial charge in [0, 0.05) is 25.6 Å². The van der Waals surface area contributed by atoms with Crippen LogP contribution < -0.4 is 10.2 Å². The zero-order valence-electron chi connectivity index (χ0n) is 11.8. The van der Waals surface area contributed by atoms with Crippen LogP contribution in [0, 0.1) is 5.92 Å². The van der Waals surface area contributed by atoms with Crippen molar-refractivity contribution in [2.45, 2.75) is 51.0 Å². The molecule has 1 aliphatic carbocycles. The van der Waals surface area contributed by atoms with Crippen LogP contribution in [-0.4, -0.2) is 36.3 Å². The van der Waals surface area contributed by atoms with E-state index in [1.165, 1.54) is 38.5 Å². The number of hydrogen-bond donors (Lipinski definition) is 1. The fourth-order valence-electron chi connectivity index (χ4n) is 3.43. The van der Waals surface area contributed by atoms with Crippen LogP contribution >= 0.6 is 0 Å². The predicted molar refractivity (Wildman–Crippen MR) is 74.3 cm³/mol. The highest BCUT2D eigenvalue weighted by Crippen LogP contribution is 2.29. The van der Waals surface area contributed by atoms with Gasteiger partial charge in [0.25, 0.3) is 5.95 Å². The third-order valence-electron chi connectivity index (χ3n) is 4.58. The van der Waals surface area contributed by atoms with E-state index in [9.17, 15) is 0 Å². The summed E-state index contributed by atoms with van der Waals surface area (Å²) in [5.41, 5.74) is 0. The first-order valence-electron chi connectivity index (χ1n) is 7.61. The summed E-state index contributed by atoms with van der Waals surface area (Å²) in [5.74, 6) is 2.34. The average molecular weight is 264 g/mol. The summed E-state index contributed by atoms with van der Waals surface area (Å²) in [6.45, 7) is 2.13. The molecule has 1 atom stereocenters. The molecule has 106 valence electrons. The van der Waals surface area contributed by atoms with Gasteiger partial charge in [-0.25, -0.2) is 0 Å². The van der Waals surface area contributed by atoms with Gasteiger partial charge in [-0.3, -0.25) is 0 Å². The molecule has 2 heterocycles. The molecule has 3 rings (SSSR count). The molecule has 19 heavy (non-hydrogen) atoms. The van der Waals surface area contributed by atoms with E-state index in [1.54, 1.807) is 0 Å². The summed E-state index contributed by atoms with van der Waals surface area (Å²) >= 11 is 0. The topological polar surface area (TPSA) is 54.2 Å². The zero-order valence-corrected chi connectivity index (χ0v) is 11.8. The lowest BCUT2D eigenvalue weighted by atomic mass is 9.95. The minimum Gasteiger partial charge on any atom is -0.338 e. The third-order valence-corrected chi connectivity index (χ3v) is 4.58. The van der Waals surface area contributed by atoms with Crippen LogP contribution in [0.15, 0.2) is 4.52 Å². The molecule has 1 aliphatic heterocycles. The van der Waals surface area contributed by atoms with E-state index in [0.29, 0.717) is 6.04 Å². The van der Waals surface area contributed by atoms with Crippen molar-refractivity contribution in [1.82, 2.24) is 15.5 Å². The van der Waals surface area contributed by atoms with E-state index in [0.717, 1.165) is 37.3 Å². The summed E-state index contributed by atoms with van der Waals surface area (Å²) in [6.07, 6.45) is 8.74. The summed E-state index contributed by atoms with van der Waals surface area (Å²) in [6, 6.07) is 0.481. The number of aromatic nitrogens is 2. The molecule has 0 radical (unpaired) electrons. The number of nitrogens with zero attached hydrogens (tertiary/aromatic N) is 3. The zero-order chi connectivity index (χ0) is 13.1. The average Bonchev–Trinajstić information content (AvgIpc) is 3.15. The standard InChI is InChI=1S/C14H24N4O/c1-15-12(11-6-2-3-7-11)10-13-16-14(17-19-13)18-8-4-5-9-18/h11-12,15H,2-10H2,1H3. The van der Waals surface area contributed by atoms with Crippen LogP contribution in [-0.2, 0) is 6.42 Å². The smallest absolute Gasteiger partial charge is 0.266 e. The number of hydrogen-bond acceptors (Lipinski definition) is 5. The van der Waals surface area contributed by atoms with Gasteiger partial charge >= 0.3 is 0 Å². The second kappa shape index (κ2) is 5.90. The Morgan fingerprint density at radius 3 is 2.68 bits per heavy atom. The van der Waals surface area contributed by atoms with Crippen LogP contribution in [0.4, 0.5) is 5.95 Å². The lowest BCUT2D eigenvalue weighted by Crippen LogP contribution is -2.34. The normalized spacial score (nSPS) is 22.3. The lowest BCUT2D eigenvalue weighted by molar-refractivity contribution is 0.318. The molecule has 0 bridgehead atoms. The molecule has 2 fully saturated rings. The molecular formula is C14H24N4O. The van der Waals surface area contributed by atoms with Crippen LogP contribution in [0.25, 0.3) is 0 Å². The first-order valence-corrected chi connectivity index (χ1v) is 7.61. The van der Waals surface area contributed by atoms with Crippen molar-refractivity contribution in [1.29, 1.82) is 0 Å². The van der Waals surface area contributed by atoms with Crippen molar-refractivity contribution < 1.29 is 4.52 Å². The summed E-state index contributed by atoms with van der Waals surface area (Å²) < 4.78 is 5.43. The van der Waals surface area contributed by atoms with E-state index < -0.39 is 0 Å². The second-order valence-corrected chi connectivity index (χ2v) is 5.83. The molecule has 2 aliphatic rings. The Morgan fingerprint density at radius 1 is 1.26 bits per heavy atom. The Hall–Kier alpha value is -1.10. The Balaban J connectivity index is 1.61. The molecule has 1 aromatic rings. The fraction of sp³-hybridized carbons (Fsp3) is 0.857. The first kappa shape index (κ1) is 12.9. The van der Waals surface area contributed by atoms with Crippen molar-refractivity contribution in [3.63, 3.8) is 0 Å². The Kier molecular flexibility index (Phi) is 4.01. The van der Waals surface area contributed by atoms with Gasteiger partial charge in [-0.15, -0.1) is 0 Å². The maximum Gasteiger partial charge on any atom is 0.266 e. The summed E-state index contributed by atoms with van der Waals surface area (Å²) in [4.78, 5) is 6.78. The van der Waals surface area contributed by atoms with Gasteiger partial charge in [-0.05, 0) is 43.8 Å². The maximum atomic E-state index is 5.43. The van der Waals surface area contributed by atoms with Crippen molar-refractivity contribution in [3.05, 3.63) is 5.89 Å². The minimum atomic E-state index is 0.481. The molecule has 0 spiro atoms. The minimum absolute atomic E-state index is 0.481. The molecular weight excluding hydrogens is 240 g/mol. The van der Waals surface area contributed by atoms with Crippen molar-refractivity contribution in [3.8, 4) is 0 Å². The summed E-state index contributed by atoms with van der Waals surface area (Å²) in [5, 5.41) is 7.55. The fourth-order valence-corrected chi connectivity index (χ4v) is 3.43. The SMILES string of the molecule is CNC(Cc1nc(N2CCCC2)no1)C1CCCC1. The Morgan fingerprint density at radius 2 is 2.00 bits per heavy atom. The van der Waals surface area contributed by atoms with Crippen LogP contribution in [0.3, 0.4) is 0 Å². The monoisotopic (exact) mass is 264 g/mol. The van der Waals surface area contributed by atoms with Gasteiger partial charge in [-0.1, -0.05) is 12.8 Å². The van der Waals surface area contributed by atoms with Crippen LogP contribution in [0.1, 0.15) is 44.4 Å². The Bertz CT molecular complexity index is 394. The Labute approximate surface area is 114 Å². The number of nitrogens with one attached hydrogen (secondary N) is 1.